The first-order valence-corrected chi connectivity index (χ1v) is 16.6. The molecule has 1 aromatic heterocycles. The monoisotopic (exact) mass is 506 g/mol. The number of hydrogen-bond acceptors (Lipinski definition) is 3. The fourth-order valence-corrected chi connectivity index (χ4v) is 10.6. The second-order valence-corrected chi connectivity index (χ2v) is 16.3. The van der Waals surface area contributed by atoms with Gasteiger partial charge in [0.2, 0.25) is 0 Å². The number of rotatable bonds is 11. The van der Waals surface area contributed by atoms with Crippen LogP contribution in [0.3, 0.4) is 0 Å². The summed E-state index contributed by atoms with van der Waals surface area (Å²) < 4.78 is 6.30. The van der Waals surface area contributed by atoms with Crippen molar-refractivity contribution in [2.24, 2.45) is 5.92 Å². The number of para-hydroxylation sites is 1. The van der Waals surface area contributed by atoms with Gasteiger partial charge in [0.25, 0.3) is 0 Å². The zero-order valence-electron chi connectivity index (χ0n) is 23.0. The van der Waals surface area contributed by atoms with Crippen LogP contribution in [0.1, 0.15) is 57.6 Å². The summed E-state index contributed by atoms with van der Waals surface area (Å²) in [6, 6.07) is 23.2. The maximum Gasteiger partial charge on any atom is 0.107 e. The highest BCUT2D eigenvalue weighted by atomic mass is 28.3. The van der Waals surface area contributed by atoms with Crippen LogP contribution in [0.2, 0.25) is 18.1 Å². The van der Waals surface area contributed by atoms with Gasteiger partial charge in [-0.1, -0.05) is 87.4 Å². The average Bonchev–Trinajstić information content (AvgIpc) is 3.29. The molecule has 36 heavy (non-hydrogen) atoms. The molecule has 0 aliphatic heterocycles. The molecule has 1 heterocycles. The van der Waals surface area contributed by atoms with Crippen molar-refractivity contribution >= 4 is 24.3 Å². The van der Waals surface area contributed by atoms with Gasteiger partial charge in [-0.05, 0) is 57.3 Å². The fraction of sp³-hybridized carbons (Fsp3) is 0.548. The molecule has 2 aromatic carbocycles. The Bertz CT molecular complexity index is 1090. The second kappa shape index (κ2) is 11.6. The lowest BCUT2D eigenvalue weighted by Gasteiger charge is -2.46. The van der Waals surface area contributed by atoms with Gasteiger partial charge in [0.05, 0.1) is 19.3 Å². The molecule has 1 atom stereocenters. The summed E-state index contributed by atoms with van der Waals surface area (Å²) in [7, 11) is 2.79. The van der Waals surface area contributed by atoms with E-state index in [2.05, 4.69) is 99.3 Å². The van der Waals surface area contributed by atoms with Crippen molar-refractivity contribution < 1.29 is 9.84 Å². The Morgan fingerprint density at radius 2 is 1.58 bits per heavy atom. The topological polar surface area (TPSA) is 48.5 Å². The Morgan fingerprint density at radius 1 is 0.972 bits per heavy atom. The van der Waals surface area contributed by atoms with E-state index in [0.717, 1.165) is 25.7 Å². The van der Waals surface area contributed by atoms with Crippen LogP contribution in [-0.4, -0.2) is 49.9 Å². The Hall–Kier alpha value is -1.92. The van der Waals surface area contributed by atoms with E-state index in [-0.39, 0.29) is 5.54 Å². The third-order valence-electron chi connectivity index (χ3n) is 9.48. The highest BCUT2D eigenvalue weighted by Gasteiger charge is 2.40. The Labute approximate surface area is 219 Å². The molecule has 0 spiro atoms. The van der Waals surface area contributed by atoms with Crippen molar-refractivity contribution in [3.8, 4) is 0 Å². The number of nitrogens with one attached hydrogen (secondary N) is 1. The van der Waals surface area contributed by atoms with Crippen LogP contribution in [0.4, 0.5) is 0 Å². The largest absolute Gasteiger partial charge is 0.390 e. The predicted octanol–water partition coefficient (Wildman–Crippen LogP) is 6.41. The number of benzene rings is 2. The number of ether oxygens (including phenoxy) is 1. The number of aromatic nitrogens is 1. The van der Waals surface area contributed by atoms with Crippen molar-refractivity contribution in [2.45, 2.75) is 82.8 Å². The van der Waals surface area contributed by atoms with Gasteiger partial charge in [0.15, 0.2) is 0 Å². The molecule has 196 valence electrons. The maximum absolute atomic E-state index is 11.1. The molecule has 0 saturated heterocycles. The molecule has 1 saturated carbocycles. The summed E-state index contributed by atoms with van der Waals surface area (Å²) in [5.41, 5.74) is 3.99. The van der Waals surface area contributed by atoms with Crippen LogP contribution in [0.5, 0.6) is 0 Å². The van der Waals surface area contributed by atoms with Crippen molar-refractivity contribution in [3.05, 3.63) is 65.7 Å². The molecule has 4 nitrogen and oxygen atoms in total. The van der Waals surface area contributed by atoms with Crippen LogP contribution < -0.4 is 5.32 Å². The lowest BCUT2D eigenvalue weighted by molar-refractivity contribution is -0.0291. The van der Waals surface area contributed by atoms with E-state index in [4.69, 9.17) is 4.74 Å². The maximum atomic E-state index is 11.1. The quantitative estimate of drug-likeness (QED) is 0.296. The molecule has 1 aliphatic carbocycles. The van der Waals surface area contributed by atoms with Gasteiger partial charge in [-0.25, -0.2) is 0 Å². The molecule has 3 aromatic rings. The molecule has 1 aliphatic rings. The molecule has 4 rings (SSSR count). The number of fused-ring (bicyclic) bond motifs is 1. The van der Waals surface area contributed by atoms with E-state index < -0.39 is 14.2 Å². The van der Waals surface area contributed by atoms with Gasteiger partial charge in [-0.3, -0.25) is 4.90 Å². The van der Waals surface area contributed by atoms with Gasteiger partial charge in [0, 0.05) is 27.3 Å². The molecule has 0 amide bonds. The minimum Gasteiger partial charge on any atom is -0.390 e. The Kier molecular flexibility index (Phi) is 8.77. The summed E-state index contributed by atoms with van der Waals surface area (Å²) in [4.78, 5) is 6.19. The summed E-state index contributed by atoms with van der Waals surface area (Å²) >= 11 is 0. The summed E-state index contributed by atoms with van der Waals surface area (Å²) in [5, 5.41) is 13.9. The number of aliphatic hydroxyl groups excluding tert-OH is 1. The molecular weight excluding hydrogens is 460 g/mol. The van der Waals surface area contributed by atoms with Crippen LogP contribution in [0.25, 0.3) is 10.9 Å². The highest BCUT2D eigenvalue weighted by Crippen LogP contribution is 2.44. The summed E-state index contributed by atoms with van der Waals surface area (Å²) in [5.74, 6) is 0.291. The van der Waals surface area contributed by atoms with Crippen LogP contribution in [0.15, 0.2) is 54.6 Å². The molecular formula is C31H46N2O2Si. The number of hydrogen-bond donors (Lipinski definition) is 2. The standard InChI is InChI=1S/C31H46N2O2Si/c1-6-36(7-2,8-3)30-27(26-16-12-13-17-28(26)32-30)22-35-23-29(34)24-18-20-31(21-19-24,33(4)5)25-14-10-9-11-15-25/h9-17,24,29,32,34H,6-8,18-23H2,1-5H3. The molecule has 0 bridgehead atoms. The number of H-pyrrole nitrogens is 1. The van der Waals surface area contributed by atoms with Crippen LogP contribution in [0, 0.1) is 5.92 Å². The minimum atomic E-state index is -1.59. The van der Waals surface area contributed by atoms with Crippen LogP contribution in [-0.2, 0) is 16.9 Å². The third-order valence-corrected chi connectivity index (χ3v) is 15.0. The predicted molar refractivity (Wildman–Crippen MR) is 155 cm³/mol. The number of aromatic amines is 1. The van der Waals surface area contributed by atoms with Crippen molar-refractivity contribution in [3.63, 3.8) is 0 Å². The fourth-order valence-electron chi connectivity index (χ4n) is 6.75. The lowest BCUT2D eigenvalue weighted by atomic mass is 9.70. The Morgan fingerprint density at radius 3 is 2.19 bits per heavy atom. The van der Waals surface area contributed by atoms with Gasteiger partial charge < -0.3 is 14.8 Å². The first kappa shape index (κ1) is 27.1. The zero-order valence-corrected chi connectivity index (χ0v) is 24.0. The first-order valence-electron chi connectivity index (χ1n) is 14.0. The van der Waals surface area contributed by atoms with Crippen molar-refractivity contribution in [2.75, 3.05) is 20.7 Å². The highest BCUT2D eigenvalue weighted by molar-refractivity contribution is 6.91. The van der Waals surface area contributed by atoms with E-state index in [1.165, 1.54) is 45.5 Å². The van der Waals surface area contributed by atoms with Gasteiger partial charge in [-0.15, -0.1) is 0 Å². The zero-order chi connectivity index (χ0) is 25.8. The van der Waals surface area contributed by atoms with E-state index in [1.54, 1.807) is 0 Å². The van der Waals surface area contributed by atoms with E-state index in [1.807, 2.05) is 0 Å². The molecule has 5 heteroatoms. The number of nitrogens with zero attached hydrogens (tertiary/aromatic N) is 1. The molecule has 1 fully saturated rings. The summed E-state index contributed by atoms with van der Waals surface area (Å²) in [6.45, 7) is 8.04. The lowest BCUT2D eigenvalue weighted by Crippen LogP contribution is -2.48. The minimum absolute atomic E-state index is 0.0612. The second-order valence-electron chi connectivity index (χ2n) is 11.1. The molecule has 1 unspecified atom stereocenters. The number of aliphatic hydroxyl groups is 1. The average molecular weight is 507 g/mol. The molecule has 2 N–H and O–H groups in total. The SMILES string of the molecule is CC[Si](CC)(CC)c1[nH]c2ccccc2c1COCC(O)C1CCC(c2ccccc2)(N(C)C)CC1. The van der Waals surface area contributed by atoms with Gasteiger partial charge >= 0.3 is 0 Å². The van der Waals surface area contributed by atoms with Crippen LogP contribution >= 0.6 is 0 Å². The first-order chi connectivity index (χ1) is 17.4. The van der Waals surface area contributed by atoms with Gasteiger partial charge in [0.1, 0.15) is 8.07 Å². The van der Waals surface area contributed by atoms with E-state index in [0.29, 0.717) is 19.1 Å². The van der Waals surface area contributed by atoms with E-state index in [9.17, 15) is 5.11 Å². The normalized spacial score (nSPS) is 21.8. The summed E-state index contributed by atoms with van der Waals surface area (Å²) in [6.07, 6.45) is 3.76. The van der Waals surface area contributed by atoms with Gasteiger partial charge in [-0.2, -0.15) is 0 Å². The van der Waals surface area contributed by atoms with Crippen molar-refractivity contribution in [1.29, 1.82) is 0 Å². The molecule has 0 radical (unpaired) electrons. The third kappa shape index (κ3) is 5.08. The van der Waals surface area contributed by atoms with Crippen molar-refractivity contribution in [1.82, 2.24) is 9.88 Å². The van der Waals surface area contributed by atoms with E-state index >= 15 is 0 Å². The smallest absolute Gasteiger partial charge is 0.107 e. The Balaban J connectivity index is 1.43.